The Kier molecular flexibility index (Phi) is 12.4. The van der Waals surface area contributed by atoms with Crippen molar-refractivity contribution in [3.63, 3.8) is 0 Å². The quantitative estimate of drug-likeness (QED) is 0.196. The number of allylic oxidation sites excluding steroid dienone is 2. The molecule has 38 heavy (non-hydrogen) atoms. The predicted octanol–water partition coefficient (Wildman–Crippen LogP) is 5.58. The molecule has 0 bridgehead atoms. The number of aliphatic hydroxyl groups is 2. The van der Waals surface area contributed by atoms with Gasteiger partial charge in [0.2, 0.25) is 0 Å². The van der Waals surface area contributed by atoms with Crippen LogP contribution in [0, 0.1) is 5.92 Å². The molecular formula is C32H44O6. The lowest BCUT2D eigenvalue weighted by Gasteiger charge is -2.27. The van der Waals surface area contributed by atoms with Gasteiger partial charge in [-0.25, -0.2) is 0 Å². The molecule has 0 aliphatic heterocycles. The third-order valence-electron chi connectivity index (χ3n) is 6.54. The average Bonchev–Trinajstić information content (AvgIpc) is 2.90. The van der Waals surface area contributed by atoms with Crippen LogP contribution >= 0.6 is 0 Å². The summed E-state index contributed by atoms with van der Waals surface area (Å²) in [5.41, 5.74) is 3.57. The number of ether oxygens (including phenoxy) is 4. The molecule has 2 aromatic carbocycles. The highest BCUT2D eigenvalue weighted by Gasteiger charge is 2.25. The molecule has 2 N–H and O–H groups in total. The smallest absolute Gasteiger partial charge is 0.131 e. The Bertz CT molecular complexity index is 1070. The SMILES string of the molecule is C=CCOCC(O)COc1c2c(c(OCC(O)COCC=C)c3ccccc13)CC(CCCC(C)C)=CC2. The lowest BCUT2D eigenvalue weighted by atomic mass is 9.85. The van der Waals surface area contributed by atoms with Crippen LogP contribution in [0.2, 0.25) is 0 Å². The molecule has 0 fully saturated rings. The van der Waals surface area contributed by atoms with Crippen molar-refractivity contribution in [3.05, 3.63) is 72.4 Å². The van der Waals surface area contributed by atoms with E-state index < -0.39 is 12.2 Å². The first-order valence-corrected chi connectivity index (χ1v) is 13.7. The fourth-order valence-electron chi connectivity index (χ4n) is 4.71. The Morgan fingerprint density at radius 2 is 1.39 bits per heavy atom. The van der Waals surface area contributed by atoms with Crippen LogP contribution in [0.15, 0.2) is 61.2 Å². The maximum Gasteiger partial charge on any atom is 0.131 e. The summed E-state index contributed by atoms with van der Waals surface area (Å²) in [5, 5.41) is 22.7. The molecule has 0 amide bonds. The van der Waals surface area contributed by atoms with Crippen LogP contribution in [0.4, 0.5) is 0 Å². The van der Waals surface area contributed by atoms with Gasteiger partial charge in [0, 0.05) is 21.9 Å². The van der Waals surface area contributed by atoms with Crippen molar-refractivity contribution in [2.24, 2.45) is 5.92 Å². The zero-order chi connectivity index (χ0) is 27.3. The number of aliphatic hydroxyl groups excluding tert-OH is 2. The predicted molar refractivity (Wildman–Crippen MR) is 153 cm³/mol. The van der Waals surface area contributed by atoms with Crippen LogP contribution in [0.1, 0.15) is 44.2 Å². The van der Waals surface area contributed by atoms with Gasteiger partial charge >= 0.3 is 0 Å². The first-order chi connectivity index (χ1) is 18.4. The van der Waals surface area contributed by atoms with Crippen molar-refractivity contribution >= 4 is 10.8 Å². The maximum atomic E-state index is 10.5. The van der Waals surface area contributed by atoms with Crippen LogP contribution in [0.3, 0.4) is 0 Å². The van der Waals surface area contributed by atoms with Crippen LogP contribution in [0.25, 0.3) is 10.8 Å². The second kappa shape index (κ2) is 15.7. The summed E-state index contributed by atoms with van der Waals surface area (Å²) in [6.07, 6.45) is 9.04. The second-order valence-corrected chi connectivity index (χ2v) is 10.3. The van der Waals surface area contributed by atoms with Crippen molar-refractivity contribution in [2.75, 3.05) is 39.6 Å². The number of benzene rings is 2. The van der Waals surface area contributed by atoms with Crippen molar-refractivity contribution in [1.82, 2.24) is 0 Å². The van der Waals surface area contributed by atoms with E-state index in [1.165, 1.54) is 12.0 Å². The minimum atomic E-state index is -0.754. The van der Waals surface area contributed by atoms with Crippen LogP contribution in [-0.2, 0) is 22.3 Å². The largest absolute Gasteiger partial charge is 0.490 e. The molecule has 1 aliphatic rings. The van der Waals surface area contributed by atoms with Gasteiger partial charge in [-0.3, -0.25) is 0 Å². The number of hydrogen-bond acceptors (Lipinski definition) is 6. The average molecular weight is 525 g/mol. The van der Waals surface area contributed by atoms with Gasteiger partial charge in [0.05, 0.1) is 26.4 Å². The molecular weight excluding hydrogens is 480 g/mol. The van der Waals surface area contributed by atoms with E-state index in [9.17, 15) is 10.2 Å². The lowest BCUT2D eigenvalue weighted by molar-refractivity contribution is 0.0208. The molecule has 6 heteroatoms. The topological polar surface area (TPSA) is 77.4 Å². The Balaban J connectivity index is 1.90. The van der Waals surface area contributed by atoms with Gasteiger partial charge in [0.15, 0.2) is 0 Å². The zero-order valence-electron chi connectivity index (χ0n) is 23.0. The second-order valence-electron chi connectivity index (χ2n) is 10.3. The molecule has 2 unspecified atom stereocenters. The van der Waals surface area contributed by atoms with Gasteiger partial charge < -0.3 is 29.2 Å². The molecule has 3 rings (SSSR count). The van der Waals surface area contributed by atoms with Gasteiger partial charge in [0.1, 0.15) is 36.9 Å². The van der Waals surface area contributed by atoms with E-state index >= 15 is 0 Å². The first kappa shape index (κ1) is 29.9. The minimum absolute atomic E-state index is 0.123. The summed E-state index contributed by atoms with van der Waals surface area (Å²) in [6, 6.07) is 8.00. The van der Waals surface area contributed by atoms with Crippen molar-refractivity contribution in [2.45, 2.75) is 58.2 Å². The Morgan fingerprint density at radius 3 is 1.92 bits per heavy atom. The lowest BCUT2D eigenvalue weighted by Crippen LogP contribution is -2.25. The van der Waals surface area contributed by atoms with Crippen LogP contribution in [-0.4, -0.2) is 62.1 Å². The van der Waals surface area contributed by atoms with E-state index in [-0.39, 0.29) is 26.4 Å². The Morgan fingerprint density at radius 1 is 0.842 bits per heavy atom. The summed E-state index contributed by atoms with van der Waals surface area (Å²) >= 11 is 0. The number of rotatable bonds is 18. The summed E-state index contributed by atoms with van der Waals surface area (Å²) in [6.45, 7) is 13.2. The van der Waals surface area contributed by atoms with E-state index in [4.69, 9.17) is 18.9 Å². The normalized spacial score (nSPS) is 14.6. The summed E-state index contributed by atoms with van der Waals surface area (Å²) in [4.78, 5) is 0. The standard InChI is InChI=1S/C32H44O6/c1-5-16-35-19-25(33)21-37-31-27-12-7-8-13-28(27)32(38-22-26(34)20-36-17-6-2)30-18-24(14-15-29(30)31)11-9-10-23(3)4/h5-8,12-14,23,25-26,33-34H,1-2,9-11,15-22H2,3-4H3. The molecule has 1 aliphatic carbocycles. The molecule has 0 saturated heterocycles. The van der Waals surface area contributed by atoms with E-state index in [1.807, 2.05) is 24.3 Å². The summed E-state index contributed by atoms with van der Waals surface area (Å²) in [7, 11) is 0. The van der Waals surface area contributed by atoms with Gasteiger partial charge in [-0.2, -0.15) is 0 Å². The highest BCUT2D eigenvalue weighted by atomic mass is 16.5. The number of fused-ring (bicyclic) bond motifs is 2. The third-order valence-corrected chi connectivity index (χ3v) is 6.54. The molecule has 0 saturated carbocycles. The van der Waals surface area contributed by atoms with Crippen molar-refractivity contribution < 1.29 is 29.2 Å². The van der Waals surface area contributed by atoms with Gasteiger partial charge in [-0.15, -0.1) is 13.2 Å². The molecule has 0 heterocycles. The molecule has 2 aromatic rings. The molecule has 0 spiro atoms. The fraction of sp³-hybridized carbons (Fsp3) is 0.500. The number of hydrogen-bond donors (Lipinski definition) is 2. The van der Waals surface area contributed by atoms with E-state index in [0.717, 1.165) is 59.1 Å². The van der Waals surface area contributed by atoms with Gasteiger partial charge in [-0.1, -0.05) is 68.3 Å². The van der Waals surface area contributed by atoms with Crippen molar-refractivity contribution in [3.8, 4) is 11.5 Å². The molecule has 0 radical (unpaired) electrons. The first-order valence-electron chi connectivity index (χ1n) is 13.7. The zero-order valence-corrected chi connectivity index (χ0v) is 23.0. The summed E-state index contributed by atoms with van der Waals surface area (Å²) in [5.74, 6) is 2.24. The maximum absolute atomic E-state index is 10.5. The minimum Gasteiger partial charge on any atom is -0.490 e. The third kappa shape index (κ3) is 8.70. The highest BCUT2D eigenvalue weighted by Crippen LogP contribution is 2.44. The van der Waals surface area contributed by atoms with E-state index in [1.54, 1.807) is 12.2 Å². The Hall–Kier alpha value is -2.64. The van der Waals surface area contributed by atoms with Crippen LogP contribution < -0.4 is 9.47 Å². The van der Waals surface area contributed by atoms with E-state index in [0.29, 0.717) is 19.1 Å². The van der Waals surface area contributed by atoms with Gasteiger partial charge in [0.25, 0.3) is 0 Å². The van der Waals surface area contributed by atoms with E-state index in [2.05, 4.69) is 33.1 Å². The highest BCUT2D eigenvalue weighted by molar-refractivity contribution is 5.96. The molecule has 6 nitrogen and oxygen atoms in total. The monoisotopic (exact) mass is 524 g/mol. The molecule has 208 valence electrons. The Labute approximate surface area is 227 Å². The molecule has 2 atom stereocenters. The van der Waals surface area contributed by atoms with Crippen molar-refractivity contribution in [1.29, 1.82) is 0 Å². The van der Waals surface area contributed by atoms with Gasteiger partial charge in [-0.05, 0) is 31.6 Å². The molecule has 0 aromatic heterocycles. The van der Waals surface area contributed by atoms with Crippen LogP contribution in [0.5, 0.6) is 11.5 Å². The summed E-state index contributed by atoms with van der Waals surface area (Å²) < 4.78 is 23.4. The fourth-order valence-corrected chi connectivity index (χ4v) is 4.71.